The molecule has 3 atom stereocenters. The number of hydrogen-bond acceptors (Lipinski definition) is 5. The Kier molecular flexibility index (Phi) is 4.55. The van der Waals surface area contributed by atoms with Crippen LogP contribution in [0, 0.1) is 5.92 Å². The summed E-state index contributed by atoms with van der Waals surface area (Å²) in [6.07, 6.45) is 0.966. The van der Waals surface area contributed by atoms with E-state index >= 15 is 0 Å². The second-order valence-electron chi connectivity index (χ2n) is 7.57. The number of hydrogen-bond donors (Lipinski definition) is 1. The highest BCUT2D eigenvalue weighted by atomic mass is 79.9. The lowest BCUT2D eigenvalue weighted by atomic mass is 9.88. The van der Waals surface area contributed by atoms with Gasteiger partial charge in [-0.2, -0.15) is 0 Å². The highest BCUT2D eigenvalue weighted by Gasteiger charge is 2.56. The number of fused-ring (bicyclic) bond motifs is 2. The molecule has 1 amide bonds. The molecule has 2 aliphatic rings. The Bertz CT molecular complexity index is 668. The molecule has 0 spiro atoms. The first-order valence-electron chi connectivity index (χ1n) is 8.05. The number of aliphatic hydroxyl groups is 1. The van der Waals surface area contributed by atoms with Gasteiger partial charge in [0.05, 0.1) is 10.2 Å². The van der Waals surface area contributed by atoms with Crippen LogP contribution in [0.2, 0.25) is 0 Å². The van der Waals surface area contributed by atoms with E-state index in [0.717, 1.165) is 11.3 Å². The summed E-state index contributed by atoms with van der Waals surface area (Å²) in [6, 6.07) is 3.62. The smallest absolute Gasteiger partial charge is 0.410 e. The van der Waals surface area contributed by atoms with Gasteiger partial charge in [0.25, 0.3) is 0 Å². The summed E-state index contributed by atoms with van der Waals surface area (Å²) in [4.78, 5) is 27.3. The van der Waals surface area contributed by atoms with Crippen molar-refractivity contribution < 1.29 is 19.4 Å². The number of halogens is 1. The monoisotopic (exact) mass is 415 g/mol. The van der Waals surface area contributed by atoms with Crippen LogP contribution < -0.4 is 0 Å². The average Bonchev–Trinajstić information content (AvgIpc) is 3.18. The van der Waals surface area contributed by atoms with E-state index in [9.17, 15) is 14.7 Å². The third kappa shape index (κ3) is 3.13. The van der Waals surface area contributed by atoms with Gasteiger partial charge in [-0.25, -0.2) is 4.79 Å². The van der Waals surface area contributed by atoms with Crippen molar-refractivity contribution in [3.05, 3.63) is 21.9 Å². The van der Waals surface area contributed by atoms with Crippen molar-refractivity contribution >= 4 is 39.1 Å². The van der Waals surface area contributed by atoms with E-state index in [0.29, 0.717) is 17.8 Å². The summed E-state index contributed by atoms with van der Waals surface area (Å²) in [6.45, 7) is 6.05. The van der Waals surface area contributed by atoms with Crippen molar-refractivity contribution in [3.63, 3.8) is 0 Å². The molecule has 0 aromatic carbocycles. The summed E-state index contributed by atoms with van der Waals surface area (Å²) < 4.78 is 5.46. The summed E-state index contributed by atoms with van der Waals surface area (Å²) in [5.41, 5.74) is -1.47. The van der Waals surface area contributed by atoms with Crippen LogP contribution in [0.25, 0.3) is 0 Å². The Morgan fingerprint density at radius 2 is 2.17 bits per heavy atom. The molecule has 1 saturated carbocycles. The molecule has 1 aromatic rings. The molecule has 2 fully saturated rings. The molecule has 2 heterocycles. The Labute approximate surface area is 154 Å². The molecule has 1 aliphatic heterocycles. The van der Waals surface area contributed by atoms with Crippen LogP contribution in [0.1, 0.15) is 48.2 Å². The van der Waals surface area contributed by atoms with Crippen molar-refractivity contribution in [2.75, 3.05) is 11.9 Å². The number of alkyl halides is 1. The largest absolute Gasteiger partial charge is 0.444 e. The summed E-state index contributed by atoms with van der Waals surface area (Å²) >= 11 is 4.53. The molecule has 3 rings (SSSR count). The minimum absolute atomic E-state index is 0.00715. The number of likely N-dealkylation sites (tertiary alicyclic amines) is 1. The number of ketones is 1. The van der Waals surface area contributed by atoms with E-state index in [1.54, 1.807) is 11.0 Å². The minimum atomic E-state index is -0.946. The van der Waals surface area contributed by atoms with Crippen LogP contribution in [0.4, 0.5) is 4.79 Å². The van der Waals surface area contributed by atoms with Gasteiger partial charge in [-0.3, -0.25) is 4.79 Å². The summed E-state index contributed by atoms with van der Waals surface area (Å²) in [5, 5.41) is 11.4. The van der Waals surface area contributed by atoms with E-state index in [1.807, 2.05) is 26.8 Å². The SMILES string of the molecule is CC(C)(C)OC(=O)N1C[C@@H]2C[C@H]1C[C@@]2(O)c1ccc(C(=O)CBr)s1. The second kappa shape index (κ2) is 6.11. The van der Waals surface area contributed by atoms with Crippen LogP contribution >= 0.6 is 27.3 Å². The third-order valence-corrected chi connectivity index (χ3v) is 6.50. The molecule has 1 saturated heterocycles. The van der Waals surface area contributed by atoms with Gasteiger partial charge in [0.1, 0.15) is 11.2 Å². The quantitative estimate of drug-likeness (QED) is 0.605. The molecule has 1 aromatic heterocycles. The molecule has 24 heavy (non-hydrogen) atoms. The highest BCUT2D eigenvalue weighted by Crippen LogP contribution is 2.52. The van der Waals surface area contributed by atoms with Crippen molar-refractivity contribution in [1.29, 1.82) is 0 Å². The lowest BCUT2D eigenvalue weighted by molar-refractivity contribution is -0.0415. The number of Topliss-reactive ketones (excluding diaryl/α,β-unsaturated/α-hetero) is 1. The Morgan fingerprint density at radius 3 is 2.71 bits per heavy atom. The molecule has 1 N–H and O–H groups in total. The van der Waals surface area contributed by atoms with Gasteiger partial charge in [0, 0.05) is 29.8 Å². The fourth-order valence-electron chi connectivity index (χ4n) is 3.61. The van der Waals surface area contributed by atoms with Crippen LogP contribution in [0.5, 0.6) is 0 Å². The van der Waals surface area contributed by atoms with E-state index in [-0.39, 0.29) is 29.2 Å². The zero-order valence-corrected chi connectivity index (χ0v) is 16.4. The first-order valence-corrected chi connectivity index (χ1v) is 9.99. The summed E-state index contributed by atoms with van der Waals surface area (Å²) in [5.74, 6) is 0.00831. The summed E-state index contributed by atoms with van der Waals surface area (Å²) in [7, 11) is 0. The standard InChI is InChI=1S/C17H22BrNO4S/c1-16(2,3)23-15(21)19-9-10-6-11(19)7-17(10,22)14-5-4-13(24-14)12(20)8-18/h4-5,10-11,22H,6-9H2,1-3H3/t10-,11-,17-/m0/s1. The number of carbonyl (C=O) groups excluding carboxylic acids is 2. The number of thiophene rings is 1. The molecule has 1 aliphatic carbocycles. The normalized spacial score (nSPS) is 29.1. The van der Waals surface area contributed by atoms with E-state index in [2.05, 4.69) is 15.9 Å². The Balaban J connectivity index is 1.73. The first kappa shape index (κ1) is 17.9. The topological polar surface area (TPSA) is 66.8 Å². The first-order chi connectivity index (χ1) is 11.1. The van der Waals surface area contributed by atoms with Crippen molar-refractivity contribution in [3.8, 4) is 0 Å². The lowest BCUT2D eigenvalue weighted by Gasteiger charge is -2.37. The average molecular weight is 416 g/mol. The number of rotatable bonds is 3. The maximum absolute atomic E-state index is 12.3. The lowest BCUT2D eigenvalue weighted by Crippen LogP contribution is -2.47. The van der Waals surface area contributed by atoms with E-state index in [1.165, 1.54) is 11.3 Å². The molecular formula is C17H22BrNO4S. The highest BCUT2D eigenvalue weighted by molar-refractivity contribution is 9.09. The van der Waals surface area contributed by atoms with Gasteiger partial charge in [-0.15, -0.1) is 11.3 Å². The molecule has 7 heteroatoms. The molecule has 0 radical (unpaired) electrons. The van der Waals surface area contributed by atoms with E-state index < -0.39 is 11.2 Å². The van der Waals surface area contributed by atoms with E-state index in [4.69, 9.17) is 4.74 Å². The third-order valence-electron chi connectivity index (χ3n) is 4.69. The Hall–Kier alpha value is -0.920. The molecule has 132 valence electrons. The minimum Gasteiger partial charge on any atom is -0.444 e. The van der Waals surface area contributed by atoms with Crippen molar-refractivity contribution in [2.24, 2.45) is 5.92 Å². The zero-order valence-electron chi connectivity index (χ0n) is 14.0. The molecular weight excluding hydrogens is 394 g/mol. The van der Waals surface area contributed by atoms with Crippen LogP contribution in [-0.4, -0.2) is 45.4 Å². The van der Waals surface area contributed by atoms with Crippen molar-refractivity contribution in [1.82, 2.24) is 4.90 Å². The maximum Gasteiger partial charge on any atom is 0.410 e. The van der Waals surface area contributed by atoms with Crippen LogP contribution in [0.15, 0.2) is 12.1 Å². The van der Waals surface area contributed by atoms with Crippen molar-refractivity contribution in [2.45, 2.75) is 50.9 Å². The number of ether oxygens (including phenoxy) is 1. The molecule has 0 unspecified atom stereocenters. The fraction of sp³-hybridized carbons (Fsp3) is 0.647. The number of amides is 1. The predicted molar refractivity (Wildman–Crippen MR) is 95.8 cm³/mol. The maximum atomic E-state index is 12.3. The van der Waals surface area contributed by atoms with Crippen LogP contribution in [-0.2, 0) is 10.3 Å². The second-order valence-corrected chi connectivity index (χ2v) is 9.21. The fourth-order valence-corrected chi connectivity index (χ4v) is 5.22. The Morgan fingerprint density at radius 1 is 1.46 bits per heavy atom. The van der Waals surface area contributed by atoms with Crippen LogP contribution in [0.3, 0.4) is 0 Å². The number of piperidine rings is 1. The number of nitrogens with zero attached hydrogens (tertiary/aromatic N) is 1. The zero-order chi connectivity index (χ0) is 17.7. The van der Waals surface area contributed by atoms with Gasteiger partial charge in [0.15, 0.2) is 5.78 Å². The van der Waals surface area contributed by atoms with Gasteiger partial charge in [-0.05, 0) is 39.3 Å². The predicted octanol–water partition coefficient (Wildman–Crippen LogP) is 3.54. The van der Waals surface area contributed by atoms with Gasteiger partial charge < -0.3 is 14.7 Å². The van der Waals surface area contributed by atoms with Gasteiger partial charge in [0.2, 0.25) is 0 Å². The number of carbonyl (C=O) groups is 2. The van der Waals surface area contributed by atoms with Gasteiger partial charge >= 0.3 is 6.09 Å². The molecule has 2 bridgehead atoms. The van der Waals surface area contributed by atoms with Gasteiger partial charge in [-0.1, -0.05) is 15.9 Å². The molecule has 5 nitrogen and oxygen atoms in total.